The number of ether oxygens (including phenoxy) is 2. The Kier molecular flexibility index (Phi) is 4.61. The second kappa shape index (κ2) is 6.10. The minimum Gasteiger partial charge on any atom is -0.457 e. The minimum atomic E-state index is -1.33. The van der Waals surface area contributed by atoms with Crippen LogP contribution in [0.2, 0.25) is 0 Å². The van der Waals surface area contributed by atoms with E-state index in [1.165, 1.54) is 13.1 Å². The Bertz CT molecular complexity index is 606. The molecule has 1 saturated heterocycles. The fourth-order valence-electron chi connectivity index (χ4n) is 2.07. The monoisotopic (exact) mass is 363 g/mol. The van der Waals surface area contributed by atoms with Crippen LogP contribution >= 0.6 is 15.9 Å². The fraction of sp³-hybridized carbons (Fsp3) is 0.545. The lowest BCUT2D eigenvalue weighted by Crippen LogP contribution is -2.39. The Hall–Kier alpha value is -1.49. The Morgan fingerprint density at radius 2 is 2.33 bits per heavy atom. The molecule has 0 aromatic carbocycles. The Morgan fingerprint density at radius 3 is 2.90 bits per heavy atom. The van der Waals surface area contributed by atoms with Gasteiger partial charge in [0.2, 0.25) is 0 Å². The van der Waals surface area contributed by atoms with Crippen LogP contribution in [0.5, 0.6) is 0 Å². The van der Waals surface area contributed by atoms with Gasteiger partial charge in [0.05, 0.1) is 11.1 Å². The van der Waals surface area contributed by atoms with Gasteiger partial charge in [-0.15, -0.1) is 0 Å². The highest BCUT2D eigenvalue weighted by Crippen LogP contribution is 2.31. The molecule has 0 amide bonds. The lowest BCUT2D eigenvalue weighted by molar-refractivity contribution is -0.153. The molecule has 0 saturated carbocycles. The number of aromatic nitrogens is 2. The number of carbonyl (C=O) groups excluding carboxylic acids is 1. The summed E-state index contributed by atoms with van der Waals surface area (Å²) >= 11 is 3.12. The van der Waals surface area contributed by atoms with Crippen LogP contribution in [-0.2, 0) is 14.3 Å². The first-order valence-corrected chi connectivity index (χ1v) is 6.80. The molecule has 1 aliphatic heterocycles. The van der Waals surface area contributed by atoms with Crippen molar-refractivity contribution >= 4 is 27.7 Å². The number of nitrogen functional groups attached to an aromatic ring is 1. The van der Waals surface area contributed by atoms with E-state index in [1.54, 1.807) is 0 Å². The molecule has 0 unspecified atom stereocenters. The van der Waals surface area contributed by atoms with E-state index in [2.05, 4.69) is 20.9 Å². The number of aliphatic hydroxyl groups excluding tert-OH is 2. The van der Waals surface area contributed by atoms with Gasteiger partial charge in [0.1, 0.15) is 18.0 Å². The van der Waals surface area contributed by atoms with Gasteiger partial charge < -0.3 is 25.4 Å². The topological polar surface area (TPSA) is 137 Å². The first kappa shape index (κ1) is 15.9. The first-order chi connectivity index (χ1) is 9.85. The smallest absolute Gasteiger partial charge is 0.351 e. The van der Waals surface area contributed by atoms with E-state index in [-0.39, 0.29) is 5.82 Å². The summed E-state index contributed by atoms with van der Waals surface area (Å²) in [6.07, 6.45) is -3.20. The summed E-state index contributed by atoms with van der Waals surface area (Å²) in [5.41, 5.74) is 4.75. The molecule has 1 aromatic heterocycles. The van der Waals surface area contributed by atoms with Gasteiger partial charge in [-0.05, 0) is 15.9 Å². The number of nitrogens with two attached hydrogens (primary N) is 1. The summed E-state index contributed by atoms with van der Waals surface area (Å²) in [5, 5.41) is 19.4. The molecule has 0 aliphatic carbocycles. The molecule has 116 valence electrons. The average Bonchev–Trinajstić information content (AvgIpc) is 2.71. The fourth-order valence-corrected chi connectivity index (χ4v) is 2.38. The Labute approximate surface area is 127 Å². The number of esters is 1. The molecule has 0 spiro atoms. The number of nitrogens with zero attached hydrogens (tertiary/aromatic N) is 2. The third kappa shape index (κ3) is 3.07. The van der Waals surface area contributed by atoms with Gasteiger partial charge in [-0.2, -0.15) is 4.98 Å². The zero-order valence-corrected chi connectivity index (χ0v) is 12.6. The van der Waals surface area contributed by atoms with Crippen LogP contribution in [0.15, 0.2) is 15.5 Å². The second-order valence-corrected chi connectivity index (χ2v) is 5.33. The van der Waals surface area contributed by atoms with E-state index < -0.39 is 42.8 Å². The van der Waals surface area contributed by atoms with Crippen LogP contribution in [0, 0.1) is 0 Å². The number of hydrogen-bond acceptors (Lipinski definition) is 8. The van der Waals surface area contributed by atoms with E-state index in [9.17, 15) is 19.8 Å². The summed E-state index contributed by atoms with van der Waals surface area (Å²) < 4.78 is 11.7. The van der Waals surface area contributed by atoms with E-state index in [1.807, 2.05) is 0 Å². The maximum atomic E-state index is 11.8. The molecule has 1 aliphatic rings. The lowest BCUT2D eigenvalue weighted by atomic mass is 10.1. The van der Waals surface area contributed by atoms with Crippen LogP contribution in [-0.4, -0.2) is 50.7 Å². The van der Waals surface area contributed by atoms with E-state index >= 15 is 0 Å². The third-order valence-corrected chi connectivity index (χ3v) is 3.61. The van der Waals surface area contributed by atoms with Gasteiger partial charge in [-0.1, -0.05) is 0 Å². The van der Waals surface area contributed by atoms with Crippen molar-refractivity contribution in [3.8, 4) is 0 Å². The Balaban J connectivity index is 2.35. The van der Waals surface area contributed by atoms with E-state index in [4.69, 9.17) is 15.2 Å². The molecule has 21 heavy (non-hydrogen) atoms. The third-order valence-electron chi connectivity index (χ3n) is 3.00. The van der Waals surface area contributed by atoms with Gasteiger partial charge in [-0.3, -0.25) is 9.36 Å². The molecule has 2 rings (SSSR count). The standard InChI is InChI=1S/C11H14BrN3O6/c1-4(17)20-8-6(3-16)21-10(7(8)18)15-2-5(12)9(13)14-11(15)19/h2,6-8,10,16,18H,3H2,1H3,(H2,13,14,19)/t6-,7+,8-,10-/m1/s1. The molecule has 1 aromatic rings. The molecule has 4 atom stereocenters. The van der Waals surface area contributed by atoms with Crippen LogP contribution in [0.3, 0.4) is 0 Å². The van der Waals surface area contributed by atoms with Gasteiger partial charge >= 0.3 is 11.7 Å². The first-order valence-electron chi connectivity index (χ1n) is 6.01. The van der Waals surface area contributed by atoms with E-state index in [0.29, 0.717) is 4.47 Å². The molecule has 1 fully saturated rings. The molecule has 4 N–H and O–H groups in total. The number of hydrogen-bond donors (Lipinski definition) is 3. The van der Waals surface area contributed by atoms with Crippen LogP contribution < -0.4 is 11.4 Å². The van der Waals surface area contributed by atoms with Crippen LogP contribution in [0.25, 0.3) is 0 Å². The lowest BCUT2D eigenvalue weighted by Gasteiger charge is -2.19. The highest BCUT2D eigenvalue weighted by molar-refractivity contribution is 9.10. The summed E-state index contributed by atoms with van der Waals surface area (Å²) in [4.78, 5) is 26.4. The van der Waals surface area contributed by atoms with Crippen LogP contribution in [0.1, 0.15) is 13.2 Å². The minimum absolute atomic E-state index is 0.000944. The van der Waals surface area contributed by atoms with Crippen molar-refractivity contribution in [2.24, 2.45) is 0 Å². The van der Waals surface area contributed by atoms with E-state index in [0.717, 1.165) is 4.57 Å². The molecule has 2 heterocycles. The number of aliphatic hydroxyl groups is 2. The molecule has 9 nitrogen and oxygen atoms in total. The van der Waals surface area contributed by atoms with Crippen molar-refractivity contribution in [3.63, 3.8) is 0 Å². The summed E-state index contributed by atoms with van der Waals surface area (Å²) in [6, 6.07) is 0. The quantitative estimate of drug-likeness (QED) is 0.567. The van der Waals surface area contributed by atoms with Gasteiger partial charge in [0, 0.05) is 13.1 Å². The van der Waals surface area contributed by atoms with Crippen molar-refractivity contribution in [1.82, 2.24) is 9.55 Å². The average molecular weight is 364 g/mol. The zero-order valence-electron chi connectivity index (χ0n) is 11.0. The number of carbonyl (C=O) groups is 1. The number of halogens is 1. The van der Waals surface area contributed by atoms with Crippen molar-refractivity contribution in [2.75, 3.05) is 12.3 Å². The second-order valence-electron chi connectivity index (χ2n) is 4.48. The van der Waals surface area contributed by atoms with Gasteiger partial charge in [-0.25, -0.2) is 4.79 Å². The van der Waals surface area contributed by atoms with Crippen molar-refractivity contribution in [3.05, 3.63) is 21.2 Å². The normalized spacial score (nSPS) is 28.6. The molecule has 0 radical (unpaired) electrons. The molecular weight excluding hydrogens is 350 g/mol. The summed E-state index contributed by atoms with van der Waals surface area (Å²) in [5.74, 6) is -0.635. The van der Waals surface area contributed by atoms with Crippen molar-refractivity contribution < 1.29 is 24.5 Å². The predicted molar refractivity (Wildman–Crippen MR) is 73.2 cm³/mol. The largest absolute Gasteiger partial charge is 0.457 e. The molecule has 10 heteroatoms. The maximum Gasteiger partial charge on any atom is 0.351 e. The molecule has 0 bridgehead atoms. The van der Waals surface area contributed by atoms with Crippen molar-refractivity contribution in [1.29, 1.82) is 0 Å². The zero-order chi connectivity index (χ0) is 15.7. The SMILES string of the molecule is CC(=O)O[C@H]1[C@H](O)[C@H](n2cc(Br)c(N)nc2=O)O[C@@H]1CO. The summed E-state index contributed by atoms with van der Waals surface area (Å²) in [7, 11) is 0. The van der Waals surface area contributed by atoms with Gasteiger partial charge in [0.15, 0.2) is 12.3 Å². The summed E-state index contributed by atoms with van der Waals surface area (Å²) in [6.45, 7) is 0.686. The van der Waals surface area contributed by atoms with Crippen LogP contribution in [0.4, 0.5) is 5.82 Å². The highest BCUT2D eigenvalue weighted by Gasteiger charge is 2.47. The number of rotatable bonds is 3. The molecular formula is C11H14BrN3O6. The number of anilines is 1. The van der Waals surface area contributed by atoms with Crippen molar-refractivity contribution in [2.45, 2.75) is 31.5 Å². The predicted octanol–water partition coefficient (Wildman–Crippen LogP) is -1.23. The maximum absolute atomic E-state index is 11.8. The highest BCUT2D eigenvalue weighted by atomic mass is 79.9. The Morgan fingerprint density at radius 1 is 1.67 bits per heavy atom. The van der Waals surface area contributed by atoms with Gasteiger partial charge in [0.25, 0.3) is 0 Å².